The van der Waals surface area contributed by atoms with Crippen LogP contribution in [0.25, 0.3) is 77.7 Å². The van der Waals surface area contributed by atoms with Crippen molar-refractivity contribution in [3.05, 3.63) is 343 Å². The molecule has 0 aliphatic rings. The summed E-state index contributed by atoms with van der Waals surface area (Å²) in [4.78, 5) is 29.2. The van der Waals surface area contributed by atoms with Gasteiger partial charge in [0.2, 0.25) is 0 Å². The van der Waals surface area contributed by atoms with E-state index >= 15 is 0 Å². The summed E-state index contributed by atoms with van der Waals surface area (Å²) in [5, 5.41) is 4.73. The first kappa shape index (κ1) is 69.2. The van der Waals surface area contributed by atoms with Gasteiger partial charge in [0.1, 0.15) is 0 Å². The second-order valence-corrected chi connectivity index (χ2v) is 19.9. The third-order valence-corrected chi connectivity index (χ3v) is 13.6. The molecule has 0 radical (unpaired) electrons. The molecule has 0 spiro atoms. The van der Waals surface area contributed by atoms with Crippen molar-refractivity contribution in [2.45, 2.75) is 6.92 Å². The van der Waals surface area contributed by atoms with E-state index in [9.17, 15) is 0 Å². The Balaban J connectivity index is 0.000000199. The summed E-state index contributed by atoms with van der Waals surface area (Å²) in [5.41, 5.74) is 14.8. The molecular weight excluding hydrogens is 1670 g/mol. The number of aryl methyl sites for hydroxylation is 1. The monoisotopic (exact) mass is 1720 g/mol. The Morgan fingerprint density at radius 3 is 1.16 bits per heavy atom. The van der Waals surface area contributed by atoms with Crippen molar-refractivity contribution in [2.75, 3.05) is 0 Å². The zero-order valence-electron chi connectivity index (χ0n) is 46.4. The molecule has 0 unspecified atom stereocenters. The molecule has 428 valence electrons. The average molecular weight is 1720 g/mol. The number of pyridine rings is 6. The molecule has 6 nitrogen and oxygen atoms in total. The predicted molar refractivity (Wildman–Crippen MR) is 344 cm³/mol. The maximum absolute atomic E-state index is 6.76. The van der Waals surface area contributed by atoms with E-state index in [4.69, 9.17) is 35.9 Å². The van der Waals surface area contributed by atoms with Gasteiger partial charge in [-0.3, -0.25) is 37.7 Å². The van der Waals surface area contributed by atoms with E-state index in [0.29, 0.717) is 0 Å². The number of aromatic nitrogens is 6. The maximum Gasteiger partial charge on any atom is 2.00 e. The summed E-state index contributed by atoms with van der Waals surface area (Å²) >= 11 is 9.31. The van der Waals surface area contributed by atoms with Crippen molar-refractivity contribution in [1.82, 2.24) is 29.9 Å². The van der Waals surface area contributed by atoms with Crippen molar-refractivity contribution in [3.8, 4) is 95.5 Å². The first-order valence-electron chi connectivity index (χ1n) is 26.1. The summed E-state index contributed by atoms with van der Waals surface area (Å²) in [6, 6.07) is 89.1. The fraction of sp³-hybridized carbons (Fsp3) is 0.0133. The fourth-order valence-electron chi connectivity index (χ4n) is 7.55. The van der Waals surface area contributed by atoms with Crippen LogP contribution in [-0.4, -0.2) is 29.9 Å². The van der Waals surface area contributed by atoms with Gasteiger partial charge >= 0.3 is 63.2 Å². The van der Waals surface area contributed by atoms with Crippen LogP contribution >= 0.6 is 34.3 Å². The van der Waals surface area contributed by atoms with E-state index in [1.54, 1.807) is 41.3 Å². The third kappa shape index (κ3) is 22.7. The molecule has 0 bridgehead atoms. The zero-order chi connectivity index (χ0) is 58.4. The minimum Gasteiger partial charge on any atom is -0.366 e. The molecule has 0 fully saturated rings. The molecule has 5 aromatic carbocycles. The smallest absolute Gasteiger partial charge is 0.366 e. The number of halogens is 1. The quantitative estimate of drug-likeness (QED) is 0.117. The minimum atomic E-state index is 0. The fourth-order valence-corrected chi connectivity index (χ4v) is 8.96. The Hall–Kier alpha value is -8.57. The van der Waals surface area contributed by atoms with E-state index in [0.717, 1.165) is 99.4 Å². The predicted octanol–water partition coefficient (Wildman–Crippen LogP) is 18.5. The van der Waals surface area contributed by atoms with E-state index in [1.807, 2.05) is 254 Å². The van der Waals surface area contributed by atoms with Crippen LogP contribution in [0.15, 0.2) is 278 Å². The molecule has 8 heterocycles. The van der Waals surface area contributed by atoms with E-state index in [1.165, 1.54) is 5.56 Å². The molecule has 87 heavy (non-hydrogen) atoms. The van der Waals surface area contributed by atoms with Gasteiger partial charge in [0.15, 0.2) is 0 Å². The Kier molecular flexibility index (Phi) is 30.6. The standard InChI is InChI=1S/C22H14ClN2.2C14H9N2S.C9H7.2C8H5.3Pt/c23-19-11-9-16(10-12-19)18-14-21(17-6-2-1-3-7-17)25-22(15-18)20-8-4-5-13-24-20;2*1-2-9-15-11(5-1)12-6-3-7-13(16-12)14-8-4-10-17-14;1-3-9-6-4-8(2)5-7-9;2*1-2-8-6-4-3-5-7-8;;;/h1-6,8-15H;2*1-7,9-10H;4-7H,2H3;2*3-7H;;;/q6*-1;3*+2. The van der Waals surface area contributed by atoms with Gasteiger partial charge in [-0.15, -0.1) is 99.7 Å². The van der Waals surface area contributed by atoms with Crippen molar-refractivity contribution in [1.29, 1.82) is 0 Å². The number of nitrogens with zero attached hydrogens (tertiary/aromatic N) is 6. The SMILES string of the molecule is Clc1ccc(-c2cc(-c3[c-]cccc3)nc(-c3ccccn3)c2)cc1.[C-]#Cc1ccc(C)cc1.[C-]#Cc1ccccc1.[C-]#Cc1ccccc1.[Pt+2].[Pt+2].[Pt+2].[c-]1ccsc1-c1cccc(-c2ccccn2)n1.[c-]1ccsc1-c1cccc(-c2ccccn2)n1. The Labute approximate surface area is 567 Å². The molecule has 0 saturated carbocycles. The van der Waals surface area contributed by atoms with Crippen LogP contribution < -0.4 is 0 Å². The Morgan fingerprint density at radius 2 is 0.759 bits per heavy atom. The van der Waals surface area contributed by atoms with Gasteiger partial charge in [0, 0.05) is 23.6 Å². The first-order chi connectivity index (χ1) is 41.3. The van der Waals surface area contributed by atoms with Crippen molar-refractivity contribution < 1.29 is 63.2 Å². The van der Waals surface area contributed by atoms with Crippen LogP contribution in [0.4, 0.5) is 0 Å². The van der Waals surface area contributed by atoms with Gasteiger partial charge in [-0.2, -0.15) is 24.3 Å². The summed E-state index contributed by atoms with van der Waals surface area (Å²) < 4.78 is 0. The normalized spacial score (nSPS) is 9.41. The van der Waals surface area contributed by atoms with Gasteiger partial charge in [-0.25, -0.2) is 22.7 Å². The van der Waals surface area contributed by atoms with E-state index in [-0.39, 0.29) is 63.2 Å². The molecule has 0 amide bonds. The molecule has 0 aliphatic carbocycles. The van der Waals surface area contributed by atoms with Crippen LogP contribution in [0.5, 0.6) is 0 Å². The topological polar surface area (TPSA) is 77.3 Å². The Bertz CT molecular complexity index is 3930. The van der Waals surface area contributed by atoms with Gasteiger partial charge in [0.25, 0.3) is 0 Å². The van der Waals surface area contributed by atoms with Crippen LogP contribution in [0.3, 0.4) is 0 Å². The van der Waals surface area contributed by atoms with Crippen LogP contribution in [0, 0.1) is 62.2 Å². The van der Waals surface area contributed by atoms with Gasteiger partial charge in [0.05, 0.1) is 34.2 Å². The van der Waals surface area contributed by atoms with Gasteiger partial charge < -0.3 is 29.2 Å². The zero-order valence-corrected chi connectivity index (χ0v) is 55.6. The molecule has 13 rings (SSSR count). The summed E-state index contributed by atoms with van der Waals surface area (Å²) in [6.45, 7) is 2.02. The molecular formula is C75H49ClN6Pt3S2. The summed E-state index contributed by atoms with van der Waals surface area (Å²) in [7, 11) is 0. The maximum atomic E-state index is 6.76. The summed E-state index contributed by atoms with van der Waals surface area (Å²) in [5.74, 6) is 6.86. The average Bonchev–Trinajstić information content (AvgIpc) is 4.46. The van der Waals surface area contributed by atoms with Gasteiger partial charge in [-0.1, -0.05) is 136 Å². The number of hydrogen-bond donors (Lipinski definition) is 0. The van der Waals surface area contributed by atoms with Crippen molar-refractivity contribution >= 4 is 34.3 Å². The van der Waals surface area contributed by atoms with Gasteiger partial charge in [-0.05, 0) is 102 Å². The van der Waals surface area contributed by atoms with Crippen molar-refractivity contribution in [2.24, 2.45) is 0 Å². The number of benzene rings is 5. The van der Waals surface area contributed by atoms with Crippen molar-refractivity contribution in [3.63, 3.8) is 0 Å². The molecule has 13 aromatic rings. The second kappa shape index (κ2) is 38.5. The summed E-state index contributed by atoms with van der Waals surface area (Å²) in [6.07, 6.45) is 25.5. The van der Waals surface area contributed by atoms with E-state index in [2.05, 4.69) is 73.0 Å². The largest absolute Gasteiger partial charge is 2.00 e. The number of rotatable bonds is 7. The third-order valence-electron chi connectivity index (χ3n) is 11.7. The molecule has 8 aromatic heterocycles. The molecule has 0 saturated heterocycles. The molecule has 0 atom stereocenters. The van der Waals surface area contributed by atoms with Crippen LogP contribution in [0.1, 0.15) is 22.3 Å². The molecule has 12 heteroatoms. The second-order valence-electron chi connectivity index (χ2n) is 17.6. The molecule has 0 N–H and O–H groups in total. The van der Waals surface area contributed by atoms with Crippen LogP contribution in [-0.2, 0) is 63.2 Å². The molecule has 0 aliphatic heterocycles. The first-order valence-corrected chi connectivity index (χ1v) is 28.3. The number of thiophene rings is 2. The number of hydrogen-bond acceptors (Lipinski definition) is 8. The van der Waals surface area contributed by atoms with E-state index < -0.39 is 0 Å². The minimum absolute atomic E-state index is 0. The van der Waals surface area contributed by atoms with Crippen LogP contribution in [0.2, 0.25) is 5.02 Å². The Morgan fingerprint density at radius 1 is 0.356 bits per heavy atom.